The maximum atomic E-state index is 5.94. The fourth-order valence-electron chi connectivity index (χ4n) is 2.22. The van der Waals surface area contributed by atoms with Gasteiger partial charge in [0.05, 0.1) is 0 Å². The lowest BCUT2D eigenvalue weighted by molar-refractivity contribution is 0.520. The second-order valence-corrected chi connectivity index (χ2v) is 5.25. The van der Waals surface area contributed by atoms with Gasteiger partial charge in [-0.05, 0) is 31.5 Å². The molecule has 0 amide bonds. The smallest absolute Gasteiger partial charge is 0.519 e. The van der Waals surface area contributed by atoms with Crippen LogP contribution in [0.3, 0.4) is 0 Å². The molecule has 0 fully saturated rings. The van der Waals surface area contributed by atoms with E-state index in [4.69, 9.17) is 9.31 Å². The molecule has 0 aliphatic carbocycles. The van der Waals surface area contributed by atoms with E-state index in [0.717, 1.165) is 22.5 Å². The van der Waals surface area contributed by atoms with E-state index in [9.17, 15) is 0 Å². The monoisotopic (exact) mass is 276 g/mol. The Labute approximate surface area is 125 Å². The fourth-order valence-corrected chi connectivity index (χ4v) is 2.22. The Hall–Kier alpha value is -2.42. The number of fused-ring (bicyclic) bond motifs is 1. The molecule has 0 aromatic heterocycles. The molecule has 0 saturated heterocycles. The van der Waals surface area contributed by atoms with Gasteiger partial charge >= 0.3 is 7.12 Å². The lowest BCUT2D eigenvalue weighted by Gasteiger charge is -2.09. The van der Waals surface area contributed by atoms with E-state index in [1.54, 1.807) is 0 Å². The molecule has 1 aliphatic heterocycles. The van der Waals surface area contributed by atoms with Gasteiger partial charge < -0.3 is 9.31 Å². The van der Waals surface area contributed by atoms with E-state index >= 15 is 0 Å². The van der Waals surface area contributed by atoms with Gasteiger partial charge in [-0.15, -0.1) is 0 Å². The number of hydrogen-bond acceptors (Lipinski definition) is 2. The highest BCUT2D eigenvalue weighted by atomic mass is 16.6. The third-order valence-corrected chi connectivity index (χ3v) is 3.27. The molecule has 0 unspecified atom stereocenters. The van der Waals surface area contributed by atoms with E-state index in [1.807, 2.05) is 42.5 Å². The SMILES string of the molecule is CC(C)=C/C=C(/B1Oc2ccccc2O1)c1ccccc1. The highest BCUT2D eigenvalue weighted by Gasteiger charge is 2.36. The first kappa shape index (κ1) is 13.6. The van der Waals surface area contributed by atoms with Gasteiger partial charge in [0.25, 0.3) is 0 Å². The minimum atomic E-state index is -0.402. The van der Waals surface area contributed by atoms with Crippen LogP contribution in [0.5, 0.6) is 11.5 Å². The first-order valence-corrected chi connectivity index (χ1v) is 7.07. The highest BCUT2D eigenvalue weighted by Crippen LogP contribution is 2.36. The molecular formula is C18H17BO2. The third-order valence-electron chi connectivity index (χ3n) is 3.27. The van der Waals surface area contributed by atoms with Gasteiger partial charge in [-0.2, -0.15) is 0 Å². The Morgan fingerprint density at radius 2 is 1.38 bits per heavy atom. The summed E-state index contributed by atoms with van der Waals surface area (Å²) in [5.41, 5.74) is 3.36. The zero-order valence-electron chi connectivity index (χ0n) is 12.2. The van der Waals surface area contributed by atoms with Gasteiger partial charge in [0.1, 0.15) is 11.5 Å². The zero-order chi connectivity index (χ0) is 14.7. The van der Waals surface area contributed by atoms with Crippen LogP contribution in [0.4, 0.5) is 0 Å². The van der Waals surface area contributed by atoms with Crippen molar-refractivity contribution in [2.75, 3.05) is 0 Å². The minimum absolute atomic E-state index is 0.402. The van der Waals surface area contributed by atoms with Gasteiger partial charge in [-0.25, -0.2) is 0 Å². The Balaban J connectivity index is 1.95. The molecule has 104 valence electrons. The van der Waals surface area contributed by atoms with E-state index in [-0.39, 0.29) is 0 Å². The summed E-state index contributed by atoms with van der Waals surface area (Å²) in [6, 6.07) is 18.0. The highest BCUT2D eigenvalue weighted by molar-refractivity contribution is 6.70. The Bertz CT molecular complexity index is 660. The first-order valence-electron chi connectivity index (χ1n) is 7.07. The third kappa shape index (κ3) is 3.02. The van der Waals surface area contributed by atoms with Crippen molar-refractivity contribution in [3.8, 4) is 11.5 Å². The van der Waals surface area contributed by atoms with Crippen molar-refractivity contribution in [3.63, 3.8) is 0 Å². The molecule has 0 atom stereocenters. The molecule has 21 heavy (non-hydrogen) atoms. The molecule has 3 heteroatoms. The number of para-hydroxylation sites is 2. The molecule has 1 aliphatic rings. The van der Waals surface area contributed by atoms with Gasteiger partial charge in [0.15, 0.2) is 0 Å². The molecule has 2 aromatic rings. The van der Waals surface area contributed by atoms with Crippen LogP contribution in [-0.4, -0.2) is 7.12 Å². The van der Waals surface area contributed by atoms with Crippen molar-refractivity contribution in [3.05, 3.63) is 77.9 Å². The number of allylic oxidation sites excluding steroid dienone is 3. The lowest BCUT2D eigenvalue weighted by atomic mass is 9.74. The van der Waals surface area contributed by atoms with Crippen LogP contribution < -0.4 is 9.31 Å². The summed E-state index contributed by atoms with van der Waals surface area (Å²) in [4.78, 5) is 0. The second-order valence-electron chi connectivity index (χ2n) is 5.25. The first-order chi connectivity index (χ1) is 10.2. The maximum absolute atomic E-state index is 5.94. The summed E-state index contributed by atoms with van der Waals surface area (Å²) in [7, 11) is -0.402. The van der Waals surface area contributed by atoms with Crippen LogP contribution in [0, 0.1) is 0 Å². The molecule has 3 rings (SSSR count). The van der Waals surface area contributed by atoms with Crippen molar-refractivity contribution in [2.45, 2.75) is 13.8 Å². The maximum Gasteiger partial charge on any atom is 0.633 e. The molecule has 0 bridgehead atoms. The second kappa shape index (κ2) is 5.92. The molecule has 0 spiro atoms. The Morgan fingerprint density at radius 3 is 1.95 bits per heavy atom. The topological polar surface area (TPSA) is 18.5 Å². The van der Waals surface area contributed by atoms with E-state index in [2.05, 4.69) is 38.1 Å². The number of hydrogen-bond donors (Lipinski definition) is 0. The predicted octanol–water partition coefficient (Wildman–Crippen LogP) is 4.54. The zero-order valence-corrected chi connectivity index (χ0v) is 12.2. The van der Waals surface area contributed by atoms with Gasteiger partial charge in [-0.3, -0.25) is 0 Å². The summed E-state index contributed by atoms with van der Waals surface area (Å²) >= 11 is 0. The molecular weight excluding hydrogens is 259 g/mol. The minimum Gasteiger partial charge on any atom is -0.519 e. The van der Waals surface area contributed by atoms with Gasteiger partial charge in [0.2, 0.25) is 0 Å². The van der Waals surface area contributed by atoms with Crippen molar-refractivity contribution in [1.29, 1.82) is 0 Å². The average molecular weight is 276 g/mol. The van der Waals surface area contributed by atoms with Crippen molar-refractivity contribution < 1.29 is 9.31 Å². The van der Waals surface area contributed by atoms with Crippen LogP contribution in [-0.2, 0) is 0 Å². The lowest BCUT2D eigenvalue weighted by Crippen LogP contribution is -2.26. The Kier molecular flexibility index (Phi) is 3.82. The average Bonchev–Trinajstić information content (AvgIpc) is 2.92. The summed E-state index contributed by atoms with van der Waals surface area (Å²) in [6.07, 6.45) is 4.15. The van der Waals surface area contributed by atoms with Crippen LogP contribution >= 0.6 is 0 Å². The standard InChI is InChI=1S/C18H17BO2/c1-14(2)12-13-16(15-8-4-3-5-9-15)19-20-17-10-6-7-11-18(17)21-19/h3-13H,1-2H3/b16-13+. The van der Waals surface area contributed by atoms with Crippen molar-refractivity contribution >= 4 is 12.6 Å². The number of rotatable bonds is 3. The molecule has 0 radical (unpaired) electrons. The molecule has 1 heterocycles. The largest absolute Gasteiger partial charge is 0.633 e. The fraction of sp³-hybridized carbons (Fsp3) is 0.111. The quantitative estimate of drug-likeness (QED) is 0.605. The Morgan fingerprint density at radius 1 is 0.810 bits per heavy atom. The summed E-state index contributed by atoms with van der Waals surface area (Å²) < 4.78 is 11.9. The summed E-state index contributed by atoms with van der Waals surface area (Å²) in [5, 5.41) is 0. The summed E-state index contributed by atoms with van der Waals surface area (Å²) in [6.45, 7) is 4.15. The summed E-state index contributed by atoms with van der Waals surface area (Å²) in [5.74, 6) is 1.59. The van der Waals surface area contributed by atoms with E-state index < -0.39 is 7.12 Å². The molecule has 0 N–H and O–H groups in total. The molecule has 0 saturated carbocycles. The van der Waals surface area contributed by atoms with Gasteiger partial charge in [-0.1, -0.05) is 60.2 Å². The molecule has 2 aromatic carbocycles. The van der Waals surface area contributed by atoms with Gasteiger partial charge in [0, 0.05) is 5.47 Å². The van der Waals surface area contributed by atoms with Crippen LogP contribution in [0.1, 0.15) is 19.4 Å². The van der Waals surface area contributed by atoms with Crippen LogP contribution in [0.2, 0.25) is 0 Å². The normalized spacial score (nSPS) is 13.2. The predicted molar refractivity (Wildman–Crippen MR) is 87.3 cm³/mol. The molecule has 2 nitrogen and oxygen atoms in total. The van der Waals surface area contributed by atoms with Crippen molar-refractivity contribution in [1.82, 2.24) is 0 Å². The van der Waals surface area contributed by atoms with Crippen molar-refractivity contribution in [2.24, 2.45) is 0 Å². The van der Waals surface area contributed by atoms with Crippen LogP contribution in [0.15, 0.2) is 72.3 Å². The van der Waals surface area contributed by atoms with Crippen LogP contribution in [0.25, 0.3) is 5.47 Å². The van der Waals surface area contributed by atoms with E-state index in [0.29, 0.717) is 0 Å². The van der Waals surface area contributed by atoms with E-state index in [1.165, 1.54) is 5.57 Å². The number of benzene rings is 2.